The molecule has 6 heteroatoms. The van der Waals surface area contributed by atoms with Gasteiger partial charge in [-0.05, 0) is 31.5 Å². The zero-order valence-electron chi connectivity index (χ0n) is 12.9. The molecule has 23 heavy (non-hydrogen) atoms. The van der Waals surface area contributed by atoms with Crippen LogP contribution in [0.3, 0.4) is 0 Å². The molecule has 1 saturated carbocycles. The normalized spacial score (nSPS) is 40.2. The Kier molecular flexibility index (Phi) is 2.92. The highest BCUT2D eigenvalue weighted by molar-refractivity contribution is 5.90. The van der Waals surface area contributed by atoms with Crippen molar-refractivity contribution < 1.29 is 19.7 Å². The molecule has 2 aliphatic heterocycles. The number of ether oxygens (including phenoxy) is 1. The van der Waals surface area contributed by atoms with Crippen molar-refractivity contribution >= 4 is 18.2 Å². The van der Waals surface area contributed by atoms with Gasteiger partial charge in [0.1, 0.15) is 0 Å². The van der Waals surface area contributed by atoms with E-state index in [1.54, 1.807) is 6.07 Å². The molecule has 4 atom stereocenters. The molecule has 0 amide bonds. The Balaban J connectivity index is 0.00000135. The zero-order chi connectivity index (χ0) is 15.3. The summed E-state index contributed by atoms with van der Waals surface area (Å²) in [5.41, 5.74) is 0.370. The number of phenolic OH excluding ortho intramolecular Hbond substituents is 1. The van der Waals surface area contributed by atoms with Gasteiger partial charge in [0.15, 0.2) is 23.4 Å². The Morgan fingerprint density at radius 3 is 2.96 bits per heavy atom. The van der Waals surface area contributed by atoms with Crippen LogP contribution < -0.4 is 4.74 Å². The van der Waals surface area contributed by atoms with Gasteiger partial charge in [-0.25, -0.2) is 0 Å². The molecule has 0 aromatic heterocycles. The third kappa shape index (κ3) is 1.49. The molecule has 5 nitrogen and oxygen atoms in total. The van der Waals surface area contributed by atoms with Gasteiger partial charge in [-0.1, -0.05) is 6.07 Å². The van der Waals surface area contributed by atoms with Crippen molar-refractivity contribution in [3.8, 4) is 11.5 Å². The first kappa shape index (κ1) is 15.2. The predicted molar refractivity (Wildman–Crippen MR) is 85.3 cm³/mol. The second-order valence-electron chi connectivity index (χ2n) is 7.41. The van der Waals surface area contributed by atoms with Crippen LogP contribution in [-0.4, -0.2) is 52.7 Å². The van der Waals surface area contributed by atoms with Crippen LogP contribution in [0.5, 0.6) is 11.5 Å². The summed E-state index contributed by atoms with van der Waals surface area (Å²) < 4.78 is 5.95. The number of piperidine rings is 1. The topological polar surface area (TPSA) is 70.0 Å². The summed E-state index contributed by atoms with van der Waals surface area (Å²) in [6.45, 7) is 1.43. The summed E-state index contributed by atoms with van der Waals surface area (Å²) in [6.07, 6.45) is 0.959. The lowest BCUT2D eigenvalue weighted by Gasteiger charge is -2.61. The van der Waals surface area contributed by atoms with E-state index < -0.39 is 17.1 Å². The Morgan fingerprint density at radius 1 is 1.39 bits per heavy atom. The average molecular weight is 338 g/mol. The highest BCUT2D eigenvalue weighted by Crippen LogP contribution is 2.64. The molecule has 1 saturated heterocycles. The van der Waals surface area contributed by atoms with E-state index in [1.165, 1.54) is 0 Å². The number of nitrogens with zero attached hydrogens (tertiary/aromatic N) is 1. The van der Waals surface area contributed by atoms with Gasteiger partial charge in [-0.2, -0.15) is 0 Å². The number of Topliss-reactive ketones (excluding diaryl/α,β-unsaturated/α-hetero) is 1. The zero-order valence-corrected chi connectivity index (χ0v) is 13.7. The highest BCUT2D eigenvalue weighted by Gasteiger charge is 2.72. The molecule has 2 aliphatic carbocycles. The lowest BCUT2D eigenvalue weighted by atomic mass is 9.48. The fraction of sp³-hybridized carbons (Fsp3) is 0.588. The van der Waals surface area contributed by atoms with Crippen LogP contribution in [-0.2, 0) is 16.6 Å². The lowest BCUT2D eigenvalue weighted by Crippen LogP contribution is -2.75. The number of rotatable bonds is 0. The van der Waals surface area contributed by atoms with E-state index in [4.69, 9.17) is 4.74 Å². The van der Waals surface area contributed by atoms with Crippen LogP contribution >= 0.6 is 12.4 Å². The average Bonchev–Trinajstić information content (AvgIpc) is 2.81. The van der Waals surface area contributed by atoms with Crippen LogP contribution in [0.1, 0.15) is 24.0 Å². The molecular formula is C17H20ClNO4. The second kappa shape index (κ2) is 4.41. The van der Waals surface area contributed by atoms with Gasteiger partial charge >= 0.3 is 0 Å². The molecule has 124 valence electrons. The first-order valence-electron chi connectivity index (χ1n) is 7.93. The first-order valence-corrected chi connectivity index (χ1v) is 7.93. The number of likely N-dealkylation sites (N-methyl/N-ethyl adjacent to an activating group) is 1. The van der Waals surface area contributed by atoms with Crippen molar-refractivity contribution in [1.29, 1.82) is 0 Å². The molecule has 5 rings (SSSR count). The molecule has 4 aliphatic rings. The minimum absolute atomic E-state index is 0. The summed E-state index contributed by atoms with van der Waals surface area (Å²) in [4.78, 5) is 14.7. The quantitative estimate of drug-likeness (QED) is 0.740. The van der Waals surface area contributed by atoms with E-state index in [-0.39, 0.29) is 29.9 Å². The maximum Gasteiger partial charge on any atom is 0.174 e. The number of carbonyl (C=O) groups excluding carboxylic acids is 1. The maximum atomic E-state index is 12.5. The van der Waals surface area contributed by atoms with Crippen LogP contribution in [0.15, 0.2) is 12.1 Å². The van der Waals surface area contributed by atoms with E-state index in [1.807, 2.05) is 13.1 Å². The summed E-state index contributed by atoms with van der Waals surface area (Å²) >= 11 is 0. The van der Waals surface area contributed by atoms with Crippen molar-refractivity contribution in [2.45, 2.75) is 36.4 Å². The Morgan fingerprint density at radius 2 is 2.17 bits per heavy atom. The first-order chi connectivity index (χ1) is 10.5. The number of halogens is 1. The molecule has 0 radical (unpaired) electrons. The van der Waals surface area contributed by atoms with Crippen LogP contribution in [0.25, 0.3) is 0 Å². The lowest BCUT2D eigenvalue weighted by molar-refractivity contribution is -0.185. The third-order valence-electron chi connectivity index (χ3n) is 6.36. The van der Waals surface area contributed by atoms with E-state index in [0.29, 0.717) is 25.1 Å². The molecule has 1 unspecified atom stereocenters. The third-order valence-corrected chi connectivity index (χ3v) is 6.36. The second-order valence-corrected chi connectivity index (χ2v) is 7.41. The van der Waals surface area contributed by atoms with Crippen molar-refractivity contribution in [2.24, 2.45) is 5.92 Å². The Bertz CT molecular complexity index is 723. The summed E-state index contributed by atoms with van der Waals surface area (Å²) in [7, 11) is 2.03. The SMILES string of the molecule is CN1C[C@H]2Cc3ccc(O)c4c3[C@@]3(C1)[C@@H](O4)C(=O)CCC23O.Cl. The molecule has 2 bridgehead atoms. The number of hydrogen-bond donors (Lipinski definition) is 2. The van der Waals surface area contributed by atoms with Crippen molar-refractivity contribution in [2.75, 3.05) is 20.1 Å². The molecule has 1 spiro atoms. The fourth-order valence-electron chi connectivity index (χ4n) is 5.58. The molecule has 2 N–H and O–H groups in total. The number of aliphatic hydroxyl groups is 1. The van der Waals surface area contributed by atoms with Crippen molar-refractivity contribution in [1.82, 2.24) is 4.90 Å². The largest absolute Gasteiger partial charge is 0.504 e. The molecule has 1 aromatic rings. The van der Waals surface area contributed by atoms with Gasteiger partial charge in [0.05, 0.1) is 11.0 Å². The number of phenols is 1. The summed E-state index contributed by atoms with van der Waals surface area (Å²) in [5.74, 6) is 0.643. The van der Waals surface area contributed by atoms with Crippen LogP contribution in [0, 0.1) is 5.92 Å². The smallest absolute Gasteiger partial charge is 0.174 e. The monoisotopic (exact) mass is 337 g/mol. The van der Waals surface area contributed by atoms with E-state index in [2.05, 4.69) is 4.90 Å². The van der Waals surface area contributed by atoms with Gasteiger partial charge in [0, 0.05) is 31.0 Å². The number of ketones is 1. The number of hydrogen-bond acceptors (Lipinski definition) is 5. The van der Waals surface area contributed by atoms with E-state index in [9.17, 15) is 15.0 Å². The number of benzene rings is 1. The van der Waals surface area contributed by atoms with Gasteiger partial charge in [-0.15, -0.1) is 12.4 Å². The number of carbonyl (C=O) groups is 1. The van der Waals surface area contributed by atoms with Gasteiger partial charge in [0.2, 0.25) is 0 Å². The van der Waals surface area contributed by atoms with E-state index in [0.717, 1.165) is 24.1 Å². The van der Waals surface area contributed by atoms with Crippen LogP contribution in [0.4, 0.5) is 0 Å². The number of likely N-dealkylation sites (tertiary alicyclic amines) is 1. The standard InChI is InChI=1S/C17H19NO4.ClH/c1-18-7-10-6-9-2-3-11(19)14-13(9)16(8-18)15(22-14)12(20)4-5-17(10,16)21;/h2-3,10,15,19,21H,4-8H2,1H3;1H/t10-,15+,16+,17?;/m1./s1. The van der Waals surface area contributed by atoms with Gasteiger partial charge in [0.25, 0.3) is 0 Å². The van der Waals surface area contributed by atoms with Crippen LogP contribution in [0.2, 0.25) is 0 Å². The molecule has 2 heterocycles. The Hall–Kier alpha value is -1.30. The Labute approximate surface area is 140 Å². The fourth-order valence-corrected chi connectivity index (χ4v) is 5.58. The number of aromatic hydroxyl groups is 1. The summed E-state index contributed by atoms with van der Waals surface area (Å²) in [6, 6.07) is 3.58. The van der Waals surface area contributed by atoms with Crippen molar-refractivity contribution in [3.05, 3.63) is 23.3 Å². The minimum atomic E-state index is -0.913. The highest BCUT2D eigenvalue weighted by atomic mass is 35.5. The minimum Gasteiger partial charge on any atom is -0.504 e. The maximum absolute atomic E-state index is 12.5. The molecule has 1 aromatic carbocycles. The summed E-state index contributed by atoms with van der Waals surface area (Å²) in [5, 5.41) is 21.8. The predicted octanol–water partition coefficient (Wildman–Crippen LogP) is 1.02. The van der Waals surface area contributed by atoms with E-state index >= 15 is 0 Å². The van der Waals surface area contributed by atoms with Gasteiger partial charge in [-0.3, -0.25) is 4.79 Å². The van der Waals surface area contributed by atoms with Gasteiger partial charge < -0.3 is 19.8 Å². The molecular weight excluding hydrogens is 318 g/mol. The molecule has 2 fully saturated rings. The van der Waals surface area contributed by atoms with Crippen molar-refractivity contribution in [3.63, 3.8) is 0 Å².